The molecular formula is C17H19NO5S. The number of nitrogens with one attached hydrogen (secondary N) is 1. The van der Waals surface area contributed by atoms with Crippen molar-refractivity contribution in [2.24, 2.45) is 0 Å². The van der Waals surface area contributed by atoms with Gasteiger partial charge in [-0.15, -0.1) is 0 Å². The lowest BCUT2D eigenvalue weighted by Crippen LogP contribution is -2.40. The number of ether oxygens (including phenoxy) is 3. The second-order valence-corrected chi connectivity index (χ2v) is 7.02. The second kappa shape index (κ2) is 7.11. The minimum Gasteiger partial charge on any atom is -0.494 e. The van der Waals surface area contributed by atoms with Gasteiger partial charge in [0, 0.05) is 0 Å². The lowest BCUT2D eigenvalue weighted by atomic mass is 10.2. The maximum atomic E-state index is 12.3. The number of fused-ring (bicyclic) bond motifs is 1. The molecule has 0 saturated heterocycles. The van der Waals surface area contributed by atoms with Gasteiger partial charge in [0.15, 0.2) is 11.5 Å². The average Bonchev–Trinajstić information content (AvgIpc) is 2.61. The highest BCUT2D eigenvalue weighted by Gasteiger charge is 2.23. The summed E-state index contributed by atoms with van der Waals surface area (Å²) in [6, 6.07) is 13.6. The van der Waals surface area contributed by atoms with Crippen molar-refractivity contribution in [2.75, 3.05) is 19.8 Å². The van der Waals surface area contributed by atoms with Crippen molar-refractivity contribution in [1.82, 2.24) is 4.72 Å². The molecule has 0 spiro atoms. The van der Waals surface area contributed by atoms with Gasteiger partial charge in [-0.05, 0) is 43.3 Å². The average molecular weight is 349 g/mol. The third-order valence-electron chi connectivity index (χ3n) is 3.51. The highest BCUT2D eigenvalue weighted by atomic mass is 32.2. The normalized spacial score (nSPS) is 16.6. The van der Waals surface area contributed by atoms with Crippen molar-refractivity contribution in [3.05, 3.63) is 48.5 Å². The zero-order valence-electron chi connectivity index (χ0n) is 13.3. The predicted octanol–water partition coefficient (Wildman–Crippen LogP) is 2.20. The molecule has 0 aliphatic carbocycles. The fourth-order valence-electron chi connectivity index (χ4n) is 2.33. The fraction of sp³-hybridized carbons (Fsp3) is 0.294. The van der Waals surface area contributed by atoms with Gasteiger partial charge in [0.2, 0.25) is 10.0 Å². The third-order valence-corrected chi connectivity index (χ3v) is 4.95. The van der Waals surface area contributed by atoms with E-state index in [1.807, 2.05) is 25.1 Å². The standard InChI is InChI=1S/C17H19NO5S/c1-2-21-13-7-9-15(10-8-13)24(19,20)18-11-14-12-22-16-5-3-4-6-17(16)23-14/h3-10,14,18H,2,11-12H2,1H3/t14-/m1/s1. The second-order valence-electron chi connectivity index (χ2n) is 5.25. The lowest BCUT2D eigenvalue weighted by Gasteiger charge is -2.26. The first-order valence-electron chi connectivity index (χ1n) is 7.69. The Morgan fingerprint density at radius 2 is 1.83 bits per heavy atom. The third kappa shape index (κ3) is 3.80. The minimum absolute atomic E-state index is 0.129. The SMILES string of the molecule is CCOc1ccc(S(=O)(=O)NC[C@@H]2COc3ccccc3O2)cc1. The van der Waals surface area contributed by atoms with Crippen LogP contribution >= 0.6 is 0 Å². The number of hydrogen-bond donors (Lipinski definition) is 1. The topological polar surface area (TPSA) is 73.9 Å². The largest absolute Gasteiger partial charge is 0.494 e. The Morgan fingerprint density at radius 3 is 2.54 bits per heavy atom. The molecular weight excluding hydrogens is 330 g/mol. The molecule has 0 unspecified atom stereocenters. The molecule has 24 heavy (non-hydrogen) atoms. The molecule has 3 rings (SSSR count). The van der Waals surface area contributed by atoms with Crippen molar-refractivity contribution in [3.8, 4) is 17.2 Å². The van der Waals surface area contributed by atoms with E-state index in [9.17, 15) is 8.42 Å². The van der Waals surface area contributed by atoms with Crippen molar-refractivity contribution in [1.29, 1.82) is 0 Å². The molecule has 6 nitrogen and oxygen atoms in total. The van der Waals surface area contributed by atoms with Crippen LogP contribution in [0.5, 0.6) is 17.2 Å². The molecule has 7 heteroatoms. The summed E-state index contributed by atoms with van der Waals surface area (Å²) < 4.78 is 43.9. The van der Waals surface area contributed by atoms with Crippen LogP contribution in [0.25, 0.3) is 0 Å². The molecule has 1 heterocycles. The summed E-state index contributed by atoms with van der Waals surface area (Å²) in [6.07, 6.45) is -0.377. The van der Waals surface area contributed by atoms with E-state index in [-0.39, 0.29) is 17.5 Å². The Bertz CT molecular complexity index is 789. The molecule has 0 radical (unpaired) electrons. The van der Waals surface area contributed by atoms with E-state index in [1.54, 1.807) is 18.2 Å². The summed E-state index contributed by atoms with van der Waals surface area (Å²) in [7, 11) is -3.61. The number of sulfonamides is 1. The first-order valence-corrected chi connectivity index (χ1v) is 9.18. The summed E-state index contributed by atoms with van der Waals surface area (Å²) >= 11 is 0. The van der Waals surface area contributed by atoms with E-state index in [0.29, 0.717) is 30.5 Å². The van der Waals surface area contributed by atoms with Crippen LogP contribution < -0.4 is 18.9 Å². The zero-order valence-corrected chi connectivity index (χ0v) is 14.1. The van der Waals surface area contributed by atoms with Gasteiger partial charge < -0.3 is 14.2 Å². The Balaban J connectivity index is 1.61. The fourth-order valence-corrected chi connectivity index (χ4v) is 3.40. The van der Waals surface area contributed by atoms with Gasteiger partial charge in [0.05, 0.1) is 18.0 Å². The molecule has 1 N–H and O–H groups in total. The molecule has 128 valence electrons. The summed E-state index contributed by atoms with van der Waals surface area (Å²) in [5.41, 5.74) is 0. The highest BCUT2D eigenvalue weighted by Crippen LogP contribution is 2.30. The van der Waals surface area contributed by atoms with Gasteiger partial charge in [0.1, 0.15) is 18.5 Å². The molecule has 1 aliphatic rings. The minimum atomic E-state index is -3.61. The first-order chi connectivity index (χ1) is 11.6. The number of benzene rings is 2. The summed E-state index contributed by atoms with van der Waals surface area (Å²) in [4.78, 5) is 0.183. The maximum Gasteiger partial charge on any atom is 0.240 e. The van der Waals surface area contributed by atoms with Crippen LogP contribution in [-0.2, 0) is 10.0 Å². The first kappa shape index (κ1) is 16.6. The van der Waals surface area contributed by atoms with E-state index in [2.05, 4.69) is 4.72 Å². The van der Waals surface area contributed by atoms with Gasteiger partial charge >= 0.3 is 0 Å². The van der Waals surface area contributed by atoms with Crippen LogP contribution in [0.2, 0.25) is 0 Å². The van der Waals surface area contributed by atoms with Crippen LogP contribution in [-0.4, -0.2) is 34.3 Å². The Kier molecular flexibility index (Phi) is 4.92. The molecule has 2 aromatic carbocycles. The van der Waals surface area contributed by atoms with Crippen LogP contribution in [0.1, 0.15) is 6.92 Å². The number of rotatable bonds is 6. The molecule has 0 aromatic heterocycles. The molecule has 2 aromatic rings. The summed E-state index contributed by atoms with van der Waals surface area (Å²) in [5.74, 6) is 1.93. The summed E-state index contributed by atoms with van der Waals surface area (Å²) in [5, 5.41) is 0. The molecule has 1 aliphatic heterocycles. The molecule has 0 fully saturated rings. The van der Waals surface area contributed by atoms with Gasteiger partial charge in [-0.25, -0.2) is 13.1 Å². The molecule has 1 atom stereocenters. The number of para-hydroxylation sites is 2. The monoisotopic (exact) mass is 349 g/mol. The van der Waals surface area contributed by atoms with E-state index >= 15 is 0 Å². The molecule has 0 amide bonds. The van der Waals surface area contributed by atoms with Crippen LogP contribution in [0, 0.1) is 0 Å². The summed E-state index contributed by atoms with van der Waals surface area (Å²) in [6.45, 7) is 2.83. The van der Waals surface area contributed by atoms with Gasteiger partial charge in [-0.3, -0.25) is 0 Å². The van der Waals surface area contributed by atoms with Crippen molar-refractivity contribution >= 4 is 10.0 Å². The van der Waals surface area contributed by atoms with Crippen molar-refractivity contribution < 1.29 is 22.6 Å². The van der Waals surface area contributed by atoms with Gasteiger partial charge in [-0.2, -0.15) is 0 Å². The van der Waals surface area contributed by atoms with Gasteiger partial charge in [-0.1, -0.05) is 12.1 Å². The van der Waals surface area contributed by atoms with E-state index in [0.717, 1.165) is 0 Å². The molecule has 0 bridgehead atoms. The smallest absolute Gasteiger partial charge is 0.240 e. The number of hydrogen-bond acceptors (Lipinski definition) is 5. The Morgan fingerprint density at radius 1 is 1.12 bits per heavy atom. The lowest BCUT2D eigenvalue weighted by molar-refractivity contribution is 0.0943. The van der Waals surface area contributed by atoms with E-state index < -0.39 is 10.0 Å². The van der Waals surface area contributed by atoms with Crippen LogP contribution in [0.4, 0.5) is 0 Å². The zero-order chi connectivity index (χ0) is 17.0. The van der Waals surface area contributed by atoms with Crippen molar-refractivity contribution in [2.45, 2.75) is 17.9 Å². The molecule has 0 saturated carbocycles. The quantitative estimate of drug-likeness (QED) is 0.865. The van der Waals surface area contributed by atoms with Crippen molar-refractivity contribution in [3.63, 3.8) is 0 Å². The maximum absolute atomic E-state index is 12.3. The van der Waals surface area contributed by atoms with E-state index in [4.69, 9.17) is 14.2 Å². The highest BCUT2D eigenvalue weighted by molar-refractivity contribution is 7.89. The van der Waals surface area contributed by atoms with Crippen LogP contribution in [0.3, 0.4) is 0 Å². The Hall–Kier alpha value is -2.25. The van der Waals surface area contributed by atoms with Crippen LogP contribution in [0.15, 0.2) is 53.4 Å². The van der Waals surface area contributed by atoms with Gasteiger partial charge in [0.25, 0.3) is 0 Å². The predicted molar refractivity (Wildman–Crippen MR) is 89.2 cm³/mol. The Labute approximate surface area is 141 Å². The van der Waals surface area contributed by atoms with E-state index in [1.165, 1.54) is 12.1 Å².